The van der Waals surface area contributed by atoms with Crippen molar-refractivity contribution in [3.8, 4) is 0 Å². The van der Waals surface area contributed by atoms with Gasteiger partial charge in [-0.05, 0) is 6.42 Å². The summed E-state index contributed by atoms with van der Waals surface area (Å²) in [6, 6.07) is 0. The molecule has 1 aliphatic rings. The van der Waals surface area contributed by atoms with Crippen molar-refractivity contribution in [1.29, 1.82) is 0 Å². The average molecular weight is 230 g/mol. The molecule has 94 valence electrons. The van der Waals surface area contributed by atoms with Crippen LogP contribution < -0.4 is 5.48 Å². The van der Waals surface area contributed by atoms with E-state index < -0.39 is 0 Å². The molecule has 0 atom stereocenters. The maximum atomic E-state index is 11.2. The number of hydroxylamine groups is 1. The van der Waals surface area contributed by atoms with Gasteiger partial charge in [-0.15, -0.1) is 0 Å². The van der Waals surface area contributed by atoms with Crippen molar-refractivity contribution < 1.29 is 14.4 Å². The van der Waals surface area contributed by atoms with Gasteiger partial charge in [-0.3, -0.25) is 14.5 Å². The van der Waals surface area contributed by atoms with Crippen molar-refractivity contribution >= 4 is 5.91 Å². The first kappa shape index (κ1) is 13.4. The zero-order chi connectivity index (χ0) is 11.6. The number of nitrogens with zero attached hydrogens (tertiary/aromatic N) is 1. The molecule has 5 heteroatoms. The lowest BCUT2D eigenvalue weighted by molar-refractivity contribution is -0.134. The van der Waals surface area contributed by atoms with Crippen molar-refractivity contribution in [2.45, 2.75) is 26.2 Å². The van der Waals surface area contributed by atoms with E-state index >= 15 is 0 Å². The van der Waals surface area contributed by atoms with Crippen LogP contribution in [0.4, 0.5) is 0 Å². The van der Waals surface area contributed by atoms with Crippen LogP contribution in [0.25, 0.3) is 0 Å². The minimum absolute atomic E-state index is 0.0242. The molecule has 0 unspecified atom stereocenters. The number of unbranched alkanes of at least 4 members (excludes halogenated alkanes) is 1. The molecule has 0 saturated carbocycles. The van der Waals surface area contributed by atoms with Gasteiger partial charge in [0.05, 0.1) is 19.8 Å². The van der Waals surface area contributed by atoms with Gasteiger partial charge in [0.15, 0.2) is 0 Å². The first-order chi connectivity index (χ1) is 7.83. The average Bonchev–Trinajstić information content (AvgIpc) is 2.33. The molecule has 1 aliphatic heterocycles. The van der Waals surface area contributed by atoms with E-state index in [1.54, 1.807) is 0 Å². The Labute approximate surface area is 97.0 Å². The number of hydrogen-bond acceptors (Lipinski definition) is 4. The van der Waals surface area contributed by atoms with E-state index in [-0.39, 0.29) is 5.91 Å². The number of morpholine rings is 1. The number of hydrogen-bond donors (Lipinski definition) is 1. The van der Waals surface area contributed by atoms with Crippen LogP contribution in [0, 0.1) is 0 Å². The summed E-state index contributed by atoms with van der Waals surface area (Å²) in [4.78, 5) is 18.6. The second-order valence-corrected chi connectivity index (χ2v) is 3.93. The Morgan fingerprint density at radius 3 is 2.88 bits per heavy atom. The predicted octanol–water partition coefficient (Wildman–Crippen LogP) is 0.557. The van der Waals surface area contributed by atoms with Gasteiger partial charge in [0.25, 0.3) is 0 Å². The van der Waals surface area contributed by atoms with Gasteiger partial charge >= 0.3 is 0 Å². The van der Waals surface area contributed by atoms with Crippen molar-refractivity contribution in [3.63, 3.8) is 0 Å². The van der Waals surface area contributed by atoms with E-state index in [1.165, 1.54) is 0 Å². The van der Waals surface area contributed by atoms with E-state index in [1.807, 2.05) is 0 Å². The number of amides is 1. The molecule has 16 heavy (non-hydrogen) atoms. The molecule has 0 aromatic carbocycles. The normalized spacial score (nSPS) is 17.3. The summed E-state index contributed by atoms with van der Waals surface area (Å²) >= 11 is 0. The van der Waals surface area contributed by atoms with E-state index in [0.29, 0.717) is 13.0 Å². The molecule has 0 aromatic heterocycles. The molecule has 1 rings (SSSR count). The molecule has 1 amide bonds. The molecule has 0 aromatic rings. The molecule has 0 aliphatic carbocycles. The lowest BCUT2D eigenvalue weighted by atomic mass is 10.2. The molecule has 5 nitrogen and oxygen atoms in total. The SMILES string of the molecule is CCCCC(=O)NOCCN1CCOCC1. The fraction of sp³-hybridized carbons (Fsp3) is 0.909. The highest BCUT2D eigenvalue weighted by Crippen LogP contribution is 1.96. The van der Waals surface area contributed by atoms with Gasteiger partial charge < -0.3 is 4.74 Å². The van der Waals surface area contributed by atoms with Gasteiger partial charge in [0.2, 0.25) is 5.91 Å². The van der Waals surface area contributed by atoms with Crippen molar-refractivity contribution in [3.05, 3.63) is 0 Å². The molecular formula is C11H22N2O3. The minimum atomic E-state index is -0.0242. The monoisotopic (exact) mass is 230 g/mol. The smallest absolute Gasteiger partial charge is 0.243 e. The Kier molecular flexibility index (Phi) is 7.12. The third kappa shape index (κ3) is 6.05. The highest BCUT2D eigenvalue weighted by molar-refractivity contribution is 5.74. The first-order valence-electron chi connectivity index (χ1n) is 6.03. The van der Waals surface area contributed by atoms with Crippen LogP contribution in [0.5, 0.6) is 0 Å². The van der Waals surface area contributed by atoms with Crippen molar-refractivity contribution in [2.75, 3.05) is 39.5 Å². The number of nitrogens with one attached hydrogen (secondary N) is 1. The molecule has 0 spiro atoms. The van der Waals surface area contributed by atoms with Crippen LogP contribution in [-0.4, -0.2) is 50.3 Å². The minimum Gasteiger partial charge on any atom is -0.379 e. The largest absolute Gasteiger partial charge is 0.379 e. The summed E-state index contributed by atoms with van der Waals surface area (Å²) in [7, 11) is 0. The van der Waals surface area contributed by atoms with Crippen molar-refractivity contribution in [1.82, 2.24) is 10.4 Å². The number of carbonyl (C=O) groups excluding carboxylic acids is 1. The molecule has 0 bridgehead atoms. The van der Waals surface area contributed by atoms with Crippen LogP contribution >= 0.6 is 0 Å². The van der Waals surface area contributed by atoms with Crippen molar-refractivity contribution in [2.24, 2.45) is 0 Å². The van der Waals surface area contributed by atoms with Crippen LogP contribution in [0.1, 0.15) is 26.2 Å². The number of rotatable bonds is 7. The summed E-state index contributed by atoms with van der Waals surface area (Å²) in [5, 5.41) is 0. The van der Waals surface area contributed by atoms with Gasteiger partial charge in [-0.2, -0.15) is 0 Å². The molecular weight excluding hydrogens is 208 g/mol. The fourth-order valence-electron chi connectivity index (χ4n) is 1.52. The van der Waals surface area contributed by atoms with Gasteiger partial charge in [0, 0.05) is 26.1 Å². The molecule has 1 heterocycles. The quantitative estimate of drug-likeness (QED) is 0.513. The summed E-state index contributed by atoms with van der Waals surface area (Å²) in [5.74, 6) is -0.0242. The van der Waals surface area contributed by atoms with E-state index in [2.05, 4.69) is 17.3 Å². The van der Waals surface area contributed by atoms with Crippen LogP contribution in [0.15, 0.2) is 0 Å². The van der Waals surface area contributed by atoms with Gasteiger partial charge in [-0.25, -0.2) is 5.48 Å². The summed E-state index contributed by atoms with van der Waals surface area (Å²) < 4.78 is 5.24. The lowest BCUT2D eigenvalue weighted by Crippen LogP contribution is -2.39. The maximum absolute atomic E-state index is 11.2. The van der Waals surface area contributed by atoms with E-state index in [0.717, 1.165) is 45.7 Å². The lowest BCUT2D eigenvalue weighted by Gasteiger charge is -2.26. The number of carbonyl (C=O) groups is 1. The van der Waals surface area contributed by atoms with Crippen LogP contribution in [0.3, 0.4) is 0 Å². The summed E-state index contributed by atoms with van der Waals surface area (Å²) in [6.07, 6.45) is 2.49. The Hall–Kier alpha value is -0.650. The third-order valence-corrected chi connectivity index (χ3v) is 2.56. The Bertz CT molecular complexity index is 194. The van der Waals surface area contributed by atoms with Gasteiger partial charge in [-0.1, -0.05) is 13.3 Å². The first-order valence-corrected chi connectivity index (χ1v) is 6.03. The second kappa shape index (κ2) is 8.50. The summed E-state index contributed by atoms with van der Waals surface area (Å²) in [5.41, 5.74) is 2.46. The van der Waals surface area contributed by atoms with Crippen LogP contribution in [-0.2, 0) is 14.4 Å². The standard InChI is InChI=1S/C11H22N2O3/c1-2-3-4-11(14)12-16-10-7-13-5-8-15-9-6-13/h2-10H2,1H3,(H,12,14). The maximum Gasteiger partial charge on any atom is 0.243 e. The molecule has 1 N–H and O–H groups in total. The Morgan fingerprint density at radius 1 is 1.44 bits per heavy atom. The third-order valence-electron chi connectivity index (χ3n) is 2.56. The zero-order valence-corrected chi connectivity index (χ0v) is 10.0. The van der Waals surface area contributed by atoms with E-state index in [9.17, 15) is 4.79 Å². The Morgan fingerprint density at radius 2 is 2.19 bits per heavy atom. The highest BCUT2D eigenvalue weighted by atomic mass is 16.7. The van der Waals surface area contributed by atoms with E-state index in [4.69, 9.17) is 9.57 Å². The zero-order valence-electron chi connectivity index (χ0n) is 10.0. The Balaban J connectivity index is 1.92. The van der Waals surface area contributed by atoms with Gasteiger partial charge in [0.1, 0.15) is 0 Å². The summed E-state index contributed by atoms with van der Waals surface area (Å²) in [6.45, 7) is 6.94. The predicted molar refractivity (Wildman–Crippen MR) is 60.9 cm³/mol. The number of ether oxygens (including phenoxy) is 1. The molecule has 1 fully saturated rings. The fourth-order valence-corrected chi connectivity index (χ4v) is 1.52. The van der Waals surface area contributed by atoms with Crippen LogP contribution in [0.2, 0.25) is 0 Å². The topological polar surface area (TPSA) is 50.8 Å². The molecule has 1 saturated heterocycles. The highest BCUT2D eigenvalue weighted by Gasteiger charge is 2.09. The second-order valence-electron chi connectivity index (χ2n) is 3.93. The molecule has 0 radical (unpaired) electrons.